The Morgan fingerprint density at radius 2 is 1.72 bits per heavy atom. The molecule has 5 nitrogen and oxygen atoms in total. The van der Waals surface area contributed by atoms with E-state index in [9.17, 15) is 9.90 Å². The number of aromatic nitrogens is 2. The van der Waals surface area contributed by atoms with E-state index >= 15 is 0 Å². The first kappa shape index (κ1) is 16.9. The number of rotatable bonds is 4. The maximum Gasteiger partial charge on any atom is 0.322 e. The Labute approximate surface area is 153 Å². The van der Waals surface area contributed by atoms with Gasteiger partial charge in [-0.2, -0.15) is 0 Å². The molecule has 1 heterocycles. The van der Waals surface area contributed by atoms with Gasteiger partial charge in [-0.05, 0) is 51.4 Å². The molecule has 3 aromatic rings. The number of carbonyl (C=O) groups is 1. The average Bonchev–Trinajstić information content (AvgIpc) is 2.64. The molecule has 0 aliphatic heterocycles. The number of hydrogen-bond donors (Lipinski definition) is 1. The Kier molecular flexibility index (Phi) is 5.20. The second-order valence-electron chi connectivity index (χ2n) is 5.15. The summed E-state index contributed by atoms with van der Waals surface area (Å²) in [5.41, 5.74) is 0.927. The minimum Gasteiger partial charge on any atom is -0.867 e. The van der Waals surface area contributed by atoms with Gasteiger partial charge in [-0.15, -0.1) is 0 Å². The molecule has 0 aliphatic rings. The highest BCUT2D eigenvalue weighted by Gasteiger charge is 2.23. The highest BCUT2D eigenvalue weighted by molar-refractivity contribution is 9.10. The van der Waals surface area contributed by atoms with Crippen LogP contribution in [0.25, 0.3) is 11.5 Å². The Morgan fingerprint density at radius 3 is 2.36 bits per heavy atom. The van der Waals surface area contributed by atoms with Gasteiger partial charge in [0.2, 0.25) is 6.20 Å². The molecule has 3 rings (SSSR count). The van der Waals surface area contributed by atoms with Crippen LogP contribution in [-0.4, -0.2) is 11.0 Å². The first-order chi connectivity index (χ1) is 12.1. The Hall–Kier alpha value is -2.99. The van der Waals surface area contributed by atoms with Gasteiger partial charge in [-0.3, -0.25) is 4.79 Å². The van der Waals surface area contributed by atoms with Gasteiger partial charge < -0.3 is 10.4 Å². The standard InChI is InChI=1S/C19H14BrN3O2/c20-15-10-8-14(9-11-15)18(24)17(23-13-5-4-12-21-23)19(25)22-16-6-2-1-3-7-16/h1-13H,(H-,21,22,24,25). The van der Waals surface area contributed by atoms with Crippen molar-refractivity contribution in [2.45, 2.75) is 0 Å². The van der Waals surface area contributed by atoms with E-state index in [0.717, 1.165) is 4.47 Å². The molecule has 0 bridgehead atoms. The minimum absolute atomic E-state index is 0.0771. The van der Waals surface area contributed by atoms with Gasteiger partial charge in [0, 0.05) is 16.2 Å². The van der Waals surface area contributed by atoms with Crippen LogP contribution in [0.2, 0.25) is 0 Å². The molecule has 0 unspecified atom stereocenters. The van der Waals surface area contributed by atoms with Crippen LogP contribution in [0.4, 0.5) is 5.69 Å². The van der Waals surface area contributed by atoms with Crippen molar-refractivity contribution < 1.29 is 14.6 Å². The lowest BCUT2D eigenvalue weighted by atomic mass is 10.1. The highest BCUT2D eigenvalue weighted by Crippen LogP contribution is 2.18. The van der Waals surface area contributed by atoms with Crippen LogP contribution in [-0.2, 0) is 4.79 Å². The van der Waals surface area contributed by atoms with Crippen molar-refractivity contribution in [2.24, 2.45) is 0 Å². The first-order valence-corrected chi connectivity index (χ1v) is 8.31. The van der Waals surface area contributed by atoms with Gasteiger partial charge in [0.1, 0.15) is 0 Å². The third-order valence-corrected chi connectivity index (χ3v) is 3.94. The molecule has 0 saturated heterocycles. The van der Waals surface area contributed by atoms with Gasteiger partial charge >= 0.3 is 5.91 Å². The van der Waals surface area contributed by atoms with Crippen LogP contribution in [0.3, 0.4) is 0 Å². The fourth-order valence-electron chi connectivity index (χ4n) is 2.22. The lowest BCUT2D eigenvalue weighted by Gasteiger charge is -2.14. The number of amides is 1. The van der Waals surface area contributed by atoms with Crippen LogP contribution >= 0.6 is 15.9 Å². The summed E-state index contributed by atoms with van der Waals surface area (Å²) in [6.07, 6.45) is 3.08. The topological polar surface area (TPSA) is 68.9 Å². The maximum absolute atomic E-state index is 12.9. The summed E-state index contributed by atoms with van der Waals surface area (Å²) in [6.45, 7) is 0. The molecule has 0 aliphatic carbocycles. The van der Waals surface area contributed by atoms with E-state index in [-0.39, 0.29) is 5.70 Å². The van der Waals surface area contributed by atoms with Gasteiger partial charge in [-0.1, -0.05) is 46.3 Å². The molecule has 1 amide bonds. The predicted octanol–water partition coefficient (Wildman–Crippen LogP) is 2.46. The maximum atomic E-state index is 12.9. The van der Waals surface area contributed by atoms with Crippen LogP contribution in [0.5, 0.6) is 0 Å². The van der Waals surface area contributed by atoms with E-state index in [2.05, 4.69) is 26.3 Å². The first-order valence-electron chi connectivity index (χ1n) is 7.52. The van der Waals surface area contributed by atoms with Crippen LogP contribution in [0.15, 0.2) is 83.6 Å². The zero-order valence-corrected chi connectivity index (χ0v) is 14.7. The molecular weight excluding hydrogens is 382 g/mol. The van der Waals surface area contributed by atoms with Crippen LogP contribution < -0.4 is 15.1 Å². The second-order valence-corrected chi connectivity index (χ2v) is 6.06. The van der Waals surface area contributed by atoms with E-state index in [1.54, 1.807) is 66.9 Å². The van der Waals surface area contributed by atoms with Gasteiger partial charge in [-0.25, -0.2) is 0 Å². The van der Waals surface area contributed by atoms with Crippen molar-refractivity contribution in [1.29, 1.82) is 0 Å². The average molecular weight is 396 g/mol. The van der Waals surface area contributed by atoms with Gasteiger partial charge in [0.15, 0.2) is 0 Å². The third kappa shape index (κ3) is 4.10. The van der Waals surface area contributed by atoms with Crippen LogP contribution in [0, 0.1) is 0 Å². The van der Waals surface area contributed by atoms with E-state index < -0.39 is 11.7 Å². The number of carbonyl (C=O) groups excluding carboxylic acids is 1. The molecule has 1 aromatic heterocycles. The van der Waals surface area contributed by atoms with E-state index in [1.165, 1.54) is 10.9 Å². The summed E-state index contributed by atoms with van der Waals surface area (Å²) in [5.74, 6) is -0.938. The lowest BCUT2D eigenvalue weighted by molar-refractivity contribution is -0.643. The van der Waals surface area contributed by atoms with Crippen molar-refractivity contribution in [3.8, 4) is 0 Å². The largest absolute Gasteiger partial charge is 0.867 e. The molecule has 25 heavy (non-hydrogen) atoms. The molecule has 1 N–H and O–H groups in total. The molecule has 0 spiro atoms. The Balaban J connectivity index is 2.05. The fraction of sp³-hybridized carbons (Fsp3) is 0. The smallest absolute Gasteiger partial charge is 0.322 e. The Morgan fingerprint density at radius 1 is 1.00 bits per heavy atom. The summed E-state index contributed by atoms with van der Waals surface area (Å²) >= 11 is 3.33. The number of halogens is 1. The quantitative estimate of drug-likeness (QED) is 0.419. The van der Waals surface area contributed by atoms with Crippen LogP contribution in [0.1, 0.15) is 5.56 Å². The molecule has 2 aromatic carbocycles. The molecule has 0 radical (unpaired) electrons. The number of hydrogen-bond acceptors (Lipinski definition) is 3. The number of anilines is 1. The summed E-state index contributed by atoms with van der Waals surface area (Å²) < 4.78 is 2.13. The zero-order chi connectivity index (χ0) is 17.6. The van der Waals surface area contributed by atoms with Crippen molar-refractivity contribution in [3.05, 3.63) is 89.2 Å². The minimum atomic E-state index is -0.525. The molecular formula is C19H14BrN3O2. The summed E-state index contributed by atoms with van der Waals surface area (Å²) in [5, 5.41) is 19.7. The van der Waals surface area contributed by atoms with Crippen molar-refractivity contribution in [1.82, 2.24) is 5.10 Å². The number of benzene rings is 2. The monoisotopic (exact) mass is 395 g/mol. The Bertz CT molecular complexity index is 895. The molecule has 124 valence electrons. The SMILES string of the molecule is O=C(Nc1ccccc1)/C(=C(\[O-])c1ccc(Br)cc1)[n+]1ccccn1. The molecule has 0 fully saturated rings. The van der Waals surface area contributed by atoms with E-state index in [4.69, 9.17) is 0 Å². The summed E-state index contributed by atoms with van der Waals surface area (Å²) in [7, 11) is 0. The number of nitrogens with one attached hydrogen (secondary N) is 1. The van der Waals surface area contributed by atoms with Gasteiger partial charge in [0.25, 0.3) is 5.70 Å². The zero-order valence-electron chi connectivity index (χ0n) is 13.1. The second kappa shape index (κ2) is 7.72. The number of nitrogens with zero attached hydrogens (tertiary/aromatic N) is 2. The van der Waals surface area contributed by atoms with Crippen molar-refractivity contribution in [2.75, 3.05) is 5.32 Å². The summed E-state index contributed by atoms with van der Waals surface area (Å²) in [6, 6.07) is 19.2. The molecule has 0 saturated carbocycles. The van der Waals surface area contributed by atoms with Crippen molar-refractivity contribution >= 4 is 39.0 Å². The normalized spacial score (nSPS) is 11.6. The third-order valence-electron chi connectivity index (χ3n) is 3.41. The van der Waals surface area contributed by atoms with Crippen molar-refractivity contribution in [3.63, 3.8) is 0 Å². The lowest BCUT2D eigenvalue weighted by Crippen LogP contribution is -2.43. The van der Waals surface area contributed by atoms with E-state index in [0.29, 0.717) is 11.3 Å². The molecule has 6 heteroatoms. The van der Waals surface area contributed by atoms with Gasteiger partial charge in [0.05, 0.1) is 6.20 Å². The highest BCUT2D eigenvalue weighted by atomic mass is 79.9. The van der Waals surface area contributed by atoms with E-state index in [1.807, 2.05) is 6.07 Å². The number of para-hydroxylation sites is 1. The molecule has 0 atom stereocenters. The predicted molar refractivity (Wildman–Crippen MR) is 96.8 cm³/mol. The fourth-order valence-corrected chi connectivity index (χ4v) is 2.49. The summed E-state index contributed by atoms with van der Waals surface area (Å²) in [4.78, 5) is 12.8.